The van der Waals surface area contributed by atoms with Crippen LogP contribution < -0.4 is 0 Å². The average molecular weight is 304 g/mol. The van der Waals surface area contributed by atoms with Crippen molar-refractivity contribution in [1.29, 1.82) is 0 Å². The molecule has 0 aromatic heterocycles. The van der Waals surface area contributed by atoms with E-state index < -0.39 is 0 Å². The van der Waals surface area contributed by atoms with Gasteiger partial charge in [0.2, 0.25) is 0 Å². The lowest BCUT2D eigenvalue weighted by atomic mass is 9.40. The summed E-state index contributed by atoms with van der Waals surface area (Å²) in [5, 5.41) is 21.3. The fourth-order valence-electron chi connectivity index (χ4n) is 7.26. The average Bonchev–Trinajstić information content (AvgIpc) is 2.73. The third-order valence-corrected chi connectivity index (χ3v) is 8.62. The summed E-state index contributed by atoms with van der Waals surface area (Å²) in [5.41, 5.74) is 0.585. The lowest BCUT2D eigenvalue weighted by Gasteiger charge is -2.65. The molecular weight excluding hydrogens is 272 g/mol. The van der Waals surface area contributed by atoms with Crippen LogP contribution in [0.15, 0.2) is 12.2 Å². The minimum absolute atomic E-state index is 0.00261. The zero-order valence-corrected chi connectivity index (χ0v) is 14.6. The molecule has 2 nitrogen and oxygen atoms in total. The summed E-state index contributed by atoms with van der Waals surface area (Å²) in [6, 6.07) is 0. The van der Waals surface area contributed by atoms with Crippen LogP contribution in [-0.2, 0) is 0 Å². The van der Waals surface area contributed by atoms with E-state index in [9.17, 15) is 10.2 Å². The lowest BCUT2D eigenvalue weighted by molar-refractivity contribution is -0.191. The molecule has 0 heterocycles. The molecule has 22 heavy (non-hydrogen) atoms. The van der Waals surface area contributed by atoms with Crippen LogP contribution in [0, 0.1) is 33.5 Å². The highest BCUT2D eigenvalue weighted by Gasteiger charge is 2.65. The Morgan fingerprint density at radius 1 is 0.864 bits per heavy atom. The number of rotatable bonds is 0. The van der Waals surface area contributed by atoms with Crippen molar-refractivity contribution in [3.63, 3.8) is 0 Å². The van der Waals surface area contributed by atoms with Gasteiger partial charge in [-0.1, -0.05) is 39.8 Å². The van der Waals surface area contributed by atoms with Crippen LogP contribution in [0.3, 0.4) is 0 Å². The van der Waals surface area contributed by atoms with Crippen molar-refractivity contribution < 1.29 is 10.2 Å². The van der Waals surface area contributed by atoms with Gasteiger partial charge in [-0.15, -0.1) is 0 Å². The largest absolute Gasteiger partial charge is 0.393 e. The van der Waals surface area contributed by atoms with Crippen LogP contribution in [-0.4, -0.2) is 22.4 Å². The van der Waals surface area contributed by atoms with E-state index in [4.69, 9.17) is 0 Å². The number of allylic oxidation sites excluding steroid dienone is 1. The molecule has 4 aliphatic carbocycles. The molecule has 3 fully saturated rings. The van der Waals surface area contributed by atoms with E-state index in [2.05, 4.69) is 39.8 Å². The van der Waals surface area contributed by atoms with E-state index >= 15 is 0 Å². The van der Waals surface area contributed by atoms with E-state index in [1.54, 1.807) is 0 Å². The molecule has 0 saturated heterocycles. The normalized spacial score (nSPS) is 59.0. The summed E-state index contributed by atoms with van der Waals surface area (Å²) in [6.45, 7) is 9.25. The van der Waals surface area contributed by atoms with Crippen molar-refractivity contribution in [2.24, 2.45) is 33.5 Å². The first-order valence-electron chi connectivity index (χ1n) is 9.21. The van der Waals surface area contributed by atoms with Crippen LogP contribution in [0.25, 0.3) is 0 Å². The predicted octanol–water partition coefficient (Wildman–Crippen LogP) is 3.92. The van der Waals surface area contributed by atoms with E-state index in [1.165, 1.54) is 12.8 Å². The first-order valence-corrected chi connectivity index (χ1v) is 9.21. The van der Waals surface area contributed by atoms with Gasteiger partial charge in [0.05, 0.1) is 12.2 Å². The Balaban J connectivity index is 1.76. The van der Waals surface area contributed by atoms with Gasteiger partial charge < -0.3 is 10.2 Å². The molecule has 2 heteroatoms. The SMILES string of the molecule is CC12C=CC3(CCC4C(C)(C)C(O)CCC4(C)C3CC1O)C2. The molecule has 7 unspecified atom stereocenters. The number of hydrogen-bond acceptors (Lipinski definition) is 2. The van der Waals surface area contributed by atoms with E-state index in [1.807, 2.05) is 0 Å². The maximum Gasteiger partial charge on any atom is 0.0631 e. The second kappa shape index (κ2) is 4.19. The molecule has 3 saturated carbocycles. The predicted molar refractivity (Wildman–Crippen MR) is 88.3 cm³/mol. The molecule has 4 rings (SSSR count). The first-order chi connectivity index (χ1) is 10.1. The van der Waals surface area contributed by atoms with Gasteiger partial charge in [0.25, 0.3) is 0 Å². The summed E-state index contributed by atoms with van der Waals surface area (Å²) < 4.78 is 0. The van der Waals surface area contributed by atoms with Crippen molar-refractivity contribution in [1.82, 2.24) is 0 Å². The summed E-state index contributed by atoms with van der Waals surface area (Å²) in [4.78, 5) is 0. The lowest BCUT2D eigenvalue weighted by Crippen LogP contribution is -2.61. The summed E-state index contributed by atoms with van der Waals surface area (Å²) >= 11 is 0. The first kappa shape index (κ1) is 15.2. The highest BCUT2D eigenvalue weighted by atomic mass is 16.3. The zero-order valence-electron chi connectivity index (χ0n) is 14.6. The van der Waals surface area contributed by atoms with E-state index in [-0.39, 0.29) is 28.5 Å². The topological polar surface area (TPSA) is 40.5 Å². The molecule has 2 bridgehead atoms. The van der Waals surface area contributed by atoms with E-state index in [0.717, 1.165) is 25.7 Å². The van der Waals surface area contributed by atoms with Gasteiger partial charge >= 0.3 is 0 Å². The van der Waals surface area contributed by atoms with Gasteiger partial charge in [0.1, 0.15) is 0 Å². The fraction of sp³-hybridized carbons (Fsp3) is 0.900. The Bertz CT molecular complexity index is 524. The van der Waals surface area contributed by atoms with Gasteiger partial charge in [-0.05, 0) is 66.6 Å². The van der Waals surface area contributed by atoms with Crippen LogP contribution in [0.2, 0.25) is 0 Å². The molecule has 2 N–H and O–H groups in total. The number of hydrogen-bond donors (Lipinski definition) is 2. The molecule has 0 aromatic rings. The Morgan fingerprint density at radius 3 is 2.32 bits per heavy atom. The Labute approximate surface area is 135 Å². The van der Waals surface area contributed by atoms with Gasteiger partial charge in [0, 0.05) is 5.41 Å². The van der Waals surface area contributed by atoms with Crippen molar-refractivity contribution in [2.45, 2.75) is 78.4 Å². The zero-order chi connectivity index (χ0) is 16.0. The molecule has 0 aromatic carbocycles. The molecule has 1 spiro atoms. The molecule has 7 atom stereocenters. The Kier molecular flexibility index (Phi) is 2.89. The number of aliphatic hydroxyl groups excluding tert-OH is 2. The smallest absolute Gasteiger partial charge is 0.0631 e. The highest BCUT2D eigenvalue weighted by molar-refractivity contribution is 5.27. The molecular formula is C20H32O2. The van der Waals surface area contributed by atoms with Crippen LogP contribution in [0.4, 0.5) is 0 Å². The van der Waals surface area contributed by atoms with Crippen molar-refractivity contribution in [3.8, 4) is 0 Å². The number of fused-ring (bicyclic) bond motifs is 3. The van der Waals surface area contributed by atoms with Crippen LogP contribution in [0.1, 0.15) is 66.2 Å². The quantitative estimate of drug-likeness (QED) is 0.666. The highest BCUT2D eigenvalue weighted by Crippen LogP contribution is 2.71. The Hall–Kier alpha value is -0.340. The minimum Gasteiger partial charge on any atom is -0.393 e. The summed E-state index contributed by atoms with van der Waals surface area (Å²) in [5.74, 6) is 1.15. The van der Waals surface area contributed by atoms with Gasteiger partial charge in [-0.3, -0.25) is 0 Å². The van der Waals surface area contributed by atoms with Crippen molar-refractivity contribution in [2.75, 3.05) is 0 Å². The van der Waals surface area contributed by atoms with Gasteiger partial charge in [0.15, 0.2) is 0 Å². The van der Waals surface area contributed by atoms with Crippen LogP contribution >= 0.6 is 0 Å². The minimum atomic E-state index is -0.199. The second-order valence-electron chi connectivity index (χ2n) is 10.0. The molecule has 4 aliphatic rings. The molecule has 0 radical (unpaired) electrons. The van der Waals surface area contributed by atoms with Crippen molar-refractivity contribution in [3.05, 3.63) is 12.2 Å². The standard InChI is InChI=1S/C20H32O2/c1-17(2)13-5-8-20-10-9-18(3,12-20)16(22)11-14(20)19(13,4)7-6-15(17)21/h9-10,13-16,21-22H,5-8,11-12H2,1-4H3. The van der Waals surface area contributed by atoms with E-state index in [0.29, 0.717) is 17.3 Å². The summed E-state index contributed by atoms with van der Waals surface area (Å²) in [7, 11) is 0. The molecule has 0 amide bonds. The maximum atomic E-state index is 10.8. The third kappa shape index (κ3) is 1.64. The van der Waals surface area contributed by atoms with Crippen LogP contribution in [0.5, 0.6) is 0 Å². The Morgan fingerprint density at radius 2 is 1.59 bits per heavy atom. The third-order valence-electron chi connectivity index (χ3n) is 8.62. The summed E-state index contributed by atoms with van der Waals surface area (Å²) in [6.07, 6.45) is 11.0. The second-order valence-corrected chi connectivity index (χ2v) is 10.0. The van der Waals surface area contributed by atoms with Crippen molar-refractivity contribution >= 4 is 0 Å². The van der Waals surface area contributed by atoms with Gasteiger partial charge in [-0.25, -0.2) is 0 Å². The maximum absolute atomic E-state index is 10.8. The monoisotopic (exact) mass is 304 g/mol. The van der Waals surface area contributed by atoms with Gasteiger partial charge in [-0.2, -0.15) is 0 Å². The fourth-order valence-corrected chi connectivity index (χ4v) is 7.26. The molecule has 0 aliphatic heterocycles. The molecule has 124 valence electrons. The number of aliphatic hydroxyl groups is 2.